The topological polar surface area (TPSA) is 337 Å². The highest BCUT2D eigenvalue weighted by Gasteiger charge is 2.46. The highest BCUT2D eigenvalue weighted by Crippen LogP contribution is 2.57. The van der Waals surface area contributed by atoms with E-state index in [2.05, 4.69) is 14.2 Å². The number of carbonyl (C=O) groups is 1. The Morgan fingerprint density at radius 3 is 2.25 bits per heavy atom. The van der Waals surface area contributed by atoms with Gasteiger partial charge in [-0.3, -0.25) is 23.7 Å². The molecule has 0 aliphatic carbocycles. The van der Waals surface area contributed by atoms with Gasteiger partial charge >= 0.3 is 21.3 Å². The second kappa shape index (κ2) is 13.8. The summed E-state index contributed by atoms with van der Waals surface area (Å²) in [6, 6.07) is -0.135. The van der Waals surface area contributed by atoms with Crippen molar-refractivity contribution < 1.29 is 77.6 Å². The fourth-order valence-electron chi connectivity index (χ4n) is 3.54. The van der Waals surface area contributed by atoms with Gasteiger partial charge in [0, 0.05) is 19.2 Å². The molecule has 1 amide bonds. The summed E-state index contributed by atoms with van der Waals surface area (Å²) in [5.41, 5.74) is -1.65. The average molecular weight is 627 g/mol. The number of carbonyl (C=O) groups excluding carboxylic acids is 1. The Morgan fingerprint density at radius 2 is 1.73 bits per heavy atom. The third-order valence-corrected chi connectivity index (χ3v) is 7.50. The number of H-pyrrole nitrogens is 1. The van der Waals surface area contributed by atoms with Gasteiger partial charge < -0.3 is 60.1 Å². The standard InChI is InChI=1S/C9H14N2O12P2.C8H15NO6/c12-5-1-2-11(9(15)10-5)8-7(14)6(13)4(22-8)3-21-25(19,20)23-24(16,17)18;1-3(11)9-5-7(13)6(12)4(2-10)15-8(5)14/h1-2,4,6-8,13-14H,3H2,(H,19,20)(H,10,12,15)(H2,16,17,18);4-8,10,12-14H,2H2,1H3,(H,9,11)/t4-,6-,7-,8-;4-,5-,6-,7-,8?/m11/s1/i8+2;. The van der Waals surface area contributed by atoms with E-state index in [1.807, 2.05) is 4.98 Å². The van der Waals surface area contributed by atoms with Gasteiger partial charge in [-0.05, 0) is 0 Å². The van der Waals surface area contributed by atoms with Crippen molar-refractivity contribution in [2.75, 3.05) is 13.2 Å². The van der Waals surface area contributed by atoms with Gasteiger partial charge in [0.1, 0.15) is 42.7 Å². The largest absolute Gasteiger partial charge is 0.481 e. The highest BCUT2D eigenvalue weighted by atomic mass is 31.3. The van der Waals surface area contributed by atoms with Gasteiger partial charge in [-0.15, -0.1) is 0 Å². The number of rotatable bonds is 8. The molecule has 10 atom stereocenters. The molecule has 0 saturated carbocycles. The molecule has 11 N–H and O–H groups in total. The van der Waals surface area contributed by atoms with Crippen LogP contribution < -0.4 is 16.6 Å². The van der Waals surface area contributed by atoms with E-state index in [9.17, 15) is 49.0 Å². The summed E-state index contributed by atoms with van der Waals surface area (Å²) in [6.45, 7) is -0.216. The molecule has 2 saturated heterocycles. The van der Waals surface area contributed by atoms with E-state index in [4.69, 9.17) is 29.3 Å². The summed E-state index contributed by atoms with van der Waals surface area (Å²) in [5.74, 6) is -0.462. The Balaban J connectivity index is 0.000000319. The van der Waals surface area contributed by atoms with Crippen molar-refractivity contribution in [1.29, 1.82) is 0 Å². The molecular formula is C17H29N3O18P2. The van der Waals surface area contributed by atoms with Gasteiger partial charge in [0.15, 0.2) is 12.5 Å². The summed E-state index contributed by atoms with van der Waals surface area (Å²) < 4.78 is 40.5. The number of hydrogen-bond donors (Lipinski definition) is 11. The van der Waals surface area contributed by atoms with E-state index in [1.54, 1.807) is 0 Å². The van der Waals surface area contributed by atoms with Crippen molar-refractivity contribution in [3.8, 4) is 0 Å². The van der Waals surface area contributed by atoms with Crippen LogP contribution in [0.15, 0.2) is 21.9 Å². The molecule has 2 unspecified atom stereocenters. The van der Waals surface area contributed by atoms with Crippen molar-refractivity contribution in [3.05, 3.63) is 33.1 Å². The van der Waals surface area contributed by atoms with Gasteiger partial charge in [0.05, 0.1) is 13.2 Å². The Hall–Kier alpha value is -1.91. The smallest absolute Gasteiger partial charge is 0.394 e. The summed E-state index contributed by atoms with van der Waals surface area (Å²) in [6.07, 6.45) is -10.5. The van der Waals surface area contributed by atoms with Crippen molar-refractivity contribution in [2.45, 2.75) is 62.1 Å². The van der Waals surface area contributed by atoms with Crippen molar-refractivity contribution in [1.82, 2.24) is 14.9 Å². The van der Waals surface area contributed by atoms with Gasteiger partial charge in [-0.25, -0.2) is 13.9 Å². The Labute approximate surface area is 223 Å². The minimum absolute atomic E-state index is 0.462. The van der Waals surface area contributed by atoms with Crippen LogP contribution in [-0.2, 0) is 32.2 Å². The summed E-state index contributed by atoms with van der Waals surface area (Å²) in [5, 5.41) is 59.2. The molecule has 230 valence electrons. The number of aliphatic hydroxyl groups excluding tert-OH is 6. The molecule has 2 fully saturated rings. The van der Waals surface area contributed by atoms with Crippen LogP contribution >= 0.6 is 15.6 Å². The molecule has 21 nitrogen and oxygen atoms in total. The van der Waals surface area contributed by atoms with Crippen molar-refractivity contribution >= 4 is 21.6 Å². The van der Waals surface area contributed by atoms with Crippen LogP contribution in [0.25, 0.3) is 0 Å². The third-order valence-electron chi connectivity index (χ3n) is 5.34. The number of aliphatic hydroxyl groups is 6. The maximum Gasteiger partial charge on any atom is 0.481 e. The van der Waals surface area contributed by atoms with E-state index in [1.165, 1.54) is 6.92 Å². The van der Waals surface area contributed by atoms with E-state index in [-0.39, 0.29) is 0 Å². The molecule has 2 aliphatic rings. The van der Waals surface area contributed by atoms with E-state index >= 15 is 0 Å². The van der Waals surface area contributed by atoms with Crippen LogP contribution in [0, 0.1) is 0 Å². The summed E-state index contributed by atoms with van der Waals surface area (Å²) in [7, 11) is -10.5. The first-order chi connectivity index (χ1) is 18.4. The molecule has 40 heavy (non-hydrogen) atoms. The highest BCUT2D eigenvalue weighted by molar-refractivity contribution is 7.60. The van der Waals surface area contributed by atoms with E-state index in [0.717, 1.165) is 16.8 Å². The number of phosphoric ester groups is 1. The number of nitrogens with one attached hydrogen (secondary N) is 2. The summed E-state index contributed by atoms with van der Waals surface area (Å²) in [4.78, 5) is 61.4. The molecule has 1 aromatic heterocycles. The number of phosphoric acid groups is 2. The zero-order chi connectivity index (χ0) is 30.6. The third kappa shape index (κ3) is 9.31. The lowest BCUT2D eigenvalue weighted by Crippen LogP contribution is -2.63. The normalized spacial score (nSPS) is 33.9. The fourth-order valence-corrected chi connectivity index (χ4v) is 5.14. The number of amides is 1. The average Bonchev–Trinajstić information content (AvgIpc) is 3.10. The molecule has 0 aromatic carbocycles. The van der Waals surface area contributed by atoms with Crippen LogP contribution in [-0.4, -0.2) is 123 Å². The number of hydrogen-bond acceptors (Lipinski definition) is 15. The zero-order valence-corrected chi connectivity index (χ0v) is 22.1. The Bertz CT molecular complexity index is 1220. The number of nitrogens with zero attached hydrogens (tertiary/aromatic N) is 1. The van der Waals surface area contributed by atoms with Crippen LogP contribution in [0.4, 0.5) is 0 Å². The predicted octanol–water partition coefficient (Wildman–Crippen LogP) is -5.70. The number of aromatic nitrogens is 2. The van der Waals surface area contributed by atoms with Crippen molar-refractivity contribution in [3.63, 3.8) is 0 Å². The quantitative estimate of drug-likeness (QED) is 0.120. The Morgan fingerprint density at radius 1 is 1.10 bits per heavy atom. The maximum absolute atomic E-state index is 11.7. The van der Waals surface area contributed by atoms with E-state index < -0.39 is 101 Å². The van der Waals surface area contributed by atoms with Crippen LogP contribution in [0.5, 0.6) is 0 Å². The van der Waals surface area contributed by atoms with Crippen LogP contribution in [0.3, 0.4) is 0 Å². The number of ether oxygens (including phenoxy) is 2. The zero-order valence-electron chi connectivity index (χ0n) is 20.3. The molecule has 0 spiro atoms. The minimum Gasteiger partial charge on any atom is -0.394 e. The fraction of sp³-hybridized carbons (Fsp3) is 0.706. The lowest BCUT2D eigenvalue weighted by Gasteiger charge is -2.40. The lowest BCUT2D eigenvalue weighted by atomic mass is 9.97. The van der Waals surface area contributed by atoms with Gasteiger partial charge in [-0.1, -0.05) is 0 Å². The lowest BCUT2D eigenvalue weighted by molar-refractivity contribution is -0.253. The molecule has 3 rings (SSSR count). The van der Waals surface area contributed by atoms with E-state index in [0.29, 0.717) is 0 Å². The first-order valence-electron chi connectivity index (χ1n) is 11.0. The number of aromatic amines is 1. The van der Waals surface area contributed by atoms with Gasteiger partial charge in [-0.2, -0.15) is 4.31 Å². The molecule has 1 aromatic rings. The Kier molecular flexibility index (Phi) is 11.9. The first-order valence-corrected chi connectivity index (χ1v) is 14.0. The molecular weight excluding hydrogens is 598 g/mol. The SMILES string of the molecule is CC(=O)N[C@H]1C(O)O[C@H](CO)[C@@H](O)[C@@H]1O.O=c1ccn([14C@@H]2O[C@H](COP(=O)(O)OP(=O)(O)O)[C@@H](O)[C@H]2O)c(=O)[nH]1. The molecule has 0 bridgehead atoms. The van der Waals surface area contributed by atoms with Crippen LogP contribution in [0.1, 0.15) is 13.2 Å². The van der Waals surface area contributed by atoms with Gasteiger partial charge in [0.2, 0.25) is 5.91 Å². The monoisotopic (exact) mass is 627 g/mol. The second-order valence-electron chi connectivity index (χ2n) is 8.36. The molecule has 3 heterocycles. The van der Waals surface area contributed by atoms with Crippen LogP contribution in [0.2, 0.25) is 0 Å². The maximum atomic E-state index is 11.7. The molecule has 2 aliphatic heterocycles. The molecule has 23 heteroatoms. The molecule has 0 radical (unpaired) electrons. The van der Waals surface area contributed by atoms with Gasteiger partial charge in [0.25, 0.3) is 5.56 Å². The second-order valence-corrected chi connectivity index (χ2v) is 11.2. The summed E-state index contributed by atoms with van der Waals surface area (Å²) >= 11 is 0. The first kappa shape index (κ1) is 34.3. The minimum atomic E-state index is -5.32. The predicted molar refractivity (Wildman–Crippen MR) is 124 cm³/mol. The van der Waals surface area contributed by atoms with Crippen molar-refractivity contribution in [2.24, 2.45) is 0 Å².